The van der Waals surface area contributed by atoms with Crippen molar-refractivity contribution in [3.8, 4) is 0 Å². The van der Waals surface area contributed by atoms with Gasteiger partial charge in [-0.1, -0.05) is 17.7 Å². The summed E-state index contributed by atoms with van der Waals surface area (Å²) < 4.78 is 27.5. The summed E-state index contributed by atoms with van der Waals surface area (Å²) in [4.78, 5) is 40.8. The van der Waals surface area contributed by atoms with Gasteiger partial charge in [0.2, 0.25) is 0 Å². The molecule has 0 bridgehead atoms. The van der Waals surface area contributed by atoms with E-state index in [0.717, 1.165) is 27.8 Å². The molecule has 11 heteroatoms. The predicted molar refractivity (Wildman–Crippen MR) is 104 cm³/mol. The van der Waals surface area contributed by atoms with E-state index in [4.69, 9.17) is 5.73 Å². The molecule has 0 fully saturated rings. The molecule has 0 aliphatic carbocycles. The van der Waals surface area contributed by atoms with Gasteiger partial charge in [-0.25, -0.2) is 18.1 Å². The molecule has 1 aromatic carbocycles. The monoisotopic (exact) mass is 420 g/mol. The third-order valence-corrected chi connectivity index (χ3v) is 6.64. The van der Waals surface area contributed by atoms with E-state index in [1.54, 1.807) is 26.0 Å². The normalized spacial score (nSPS) is 11.5. The largest absolute Gasteiger partial charge is 0.365 e. The lowest BCUT2D eigenvalue weighted by Gasteiger charge is -2.08. The number of hydrogen-bond donors (Lipinski definition) is 2. The Labute approximate surface area is 163 Å². The Balaban J connectivity index is 1.88. The van der Waals surface area contributed by atoms with E-state index >= 15 is 0 Å². The summed E-state index contributed by atoms with van der Waals surface area (Å²) in [6, 6.07) is 5.98. The average Bonchev–Trinajstić information content (AvgIpc) is 2.95. The minimum absolute atomic E-state index is 0.0628. The average molecular weight is 420 g/mol. The van der Waals surface area contributed by atoms with Crippen LogP contribution in [0.2, 0.25) is 0 Å². The molecule has 0 aliphatic rings. The van der Waals surface area contributed by atoms with Crippen molar-refractivity contribution in [2.75, 3.05) is 0 Å². The highest BCUT2D eigenvalue weighted by Crippen LogP contribution is 2.26. The number of nitrogens with zero attached hydrogens (tertiary/aromatic N) is 2. The molecule has 2 amide bonds. The van der Waals surface area contributed by atoms with Crippen molar-refractivity contribution in [2.45, 2.75) is 25.3 Å². The van der Waals surface area contributed by atoms with E-state index in [1.165, 1.54) is 12.1 Å². The molecule has 0 radical (unpaired) electrons. The zero-order valence-corrected chi connectivity index (χ0v) is 16.6. The summed E-state index contributed by atoms with van der Waals surface area (Å²) in [5.74, 6) is -1.57. The number of carbonyl (C=O) groups excluding carboxylic acids is 2. The minimum atomic E-state index is -4.06. The molecule has 0 aliphatic heterocycles. The number of rotatable bonds is 5. The lowest BCUT2D eigenvalue weighted by molar-refractivity contribution is -0.119. The first kappa shape index (κ1) is 19.7. The van der Waals surface area contributed by atoms with Gasteiger partial charge in [0.05, 0.1) is 21.5 Å². The highest BCUT2D eigenvalue weighted by atomic mass is 32.2. The Bertz CT molecular complexity index is 1260. The van der Waals surface area contributed by atoms with Crippen LogP contribution >= 0.6 is 11.3 Å². The van der Waals surface area contributed by atoms with E-state index in [-0.39, 0.29) is 15.2 Å². The molecule has 3 N–H and O–H groups in total. The molecule has 0 saturated carbocycles. The van der Waals surface area contributed by atoms with Crippen LogP contribution < -0.4 is 16.0 Å². The number of amides is 2. The van der Waals surface area contributed by atoms with Gasteiger partial charge in [-0.3, -0.25) is 19.0 Å². The Kier molecular flexibility index (Phi) is 5.04. The summed E-state index contributed by atoms with van der Waals surface area (Å²) in [7, 11) is -4.06. The van der Waals surface area contributed by atoms with Crippen LogP contribution in [0.25, 0.3) is 10.2 Å². The summed E-state index contributed by atoms with van der Waals surface area (Å²) in [6.07, 6.45) is 1.13. The van der Waals surface area contributed by atoms with Crippen molar-refractivity contribution in [3.63, 3.8) is 0 Å². The minimum Gasteiger partial charge on any atom is -0.365 e. The summed E-state index contributed by atoms with van der Waals surface area (Å²) in [6.45, 7) is 2.82. The molecular formula is C17H16N4O5S2. The molecular weight excluding hydrogens is 404 g/mol. The molecule has 0 atom stereocenters. The number of aromatic nitrogens is 2. The third-order valence-electron chi connectivity index (χ3n) is 4.03. The number of aryl methyl sites for hydroxylation is 2. The first-order chi connectivity index (χ1) is 13.1. The lowest BCUT2D eigenvalue weighted by Crippen LogP contribution is -2.36. The Morgan fingerprint density at radius 3 is 2.46 bits per heavy atom. The van der Waals surface area contributed by atoms with E-state index in [2.05, 4.69) is 4.98 Å². The van der Waals surface area contributed by atoms with Gasteiger partial charge in [0.15, 0.2) is 0 Å². The lowest BCUT2D eigenvalue weighted by atomic mass is 10.2. The van der Waals surface area contributed by atoms with Crippen LogP contribution in [0.1, 0.15) is 20.8 Å². The summed E-state index contributed by atoms with van der Waals surface area (Å²) in [5, 5.41) is 0.176. The molecule has 28 heavy (non-hydrogen) atoms. The Morgan fingerprint density at radius 2 is 1.86 bits per heavy atom. The highest BCUT2D eigenvalue weighted by molar-refractivity contribution is 7.90. The number of hydrogen-bond acceptors (Lipinski definition) is 7. The summed E-state index contributed by atoms with van der Waals surface area (Å²) >= 11 is 0.987. The van der Waals surface area contributed by atoms with Gasteiger partial charge in [-0.2, -0.15) is 0 Å². The van der Waals surface area contributed by atoms with Crippen LogP contribution in [0, 0.1) is 13.8 Å². The van der Waals surface area contributed by atoms with Crippen molar-refractivity contribution in [1.82, 2.24) is 14.3 Å². The topological polar surface area (TPSA) is 141 Å². The second-order valence-electron chi connectivity index (χ2n) is 6.12. The molecule has 0 saturated heterocycles. The van der Waals surface area contributed by atoms with E-state index in [0.29, 0.717) is 10.4 Å². The van der Waals surface area contributed by atoms with Gasteiger partial charge in [0.25, 0.3) is 27.4 Å². The van der Waals surface area contributed by atoms with Crippen LogP contribution in [0.15, 0.2) is 40.3 Å². The highest BCUT2D eigenvalue weighted by Gasteiger charge is 2.21. The fourth-order valence-corrected chi connectivity index (χ4v) is 4.59. The molecule has 9 nitrogen and oxygen atoms in total. The van der Waals surface area contributed by atoms with Crippen molar-refractivity contribution in [3.05, 3.63) is 57.0 Å². The molecule has 0 spiro atoms. The molecule has 2 aromatic heterocycles. The fourth-order valence-electron chi connectivity index (χ4n) is 2.62. The van der Waals surface area contributed by atoms with E-state index < -0.39 is 33.9 Å². The smallest absolute Gasteiger partial charge is 0.264 e. The van der Waals surface area contributed by atoms with E-state index in [9.17, 15) is 22.8 Å². The number of sulfonamides is 1. The number of fused-ring (bicyclic) bond motifs is 1. The maximum atomic E-state index is 12.6. The van der Waals surface area contributed by atoms with Gasteiger partial charge in [-0.05, 0) is 31.5 Å². The van der Waals surface area contributed by atoms with Gasteiger partial charge in [0.1, 0.15) is 11.4 Å². The fraction of sp³-hybridized carbons (Fsp3) is 0.176. The quantitative estimate of drug-likeness (QED) is 0.622. The van der Waals surface area contributed by atoms with Crippen LogP contribution in [0.5, 0.6) is 0 Å². The van der Waals surface area contributed by atoms with Gasteiger partial charge in [-0.15, -0.1) is 11.3 Å². The second-order valence-corrected chi connectivity index (χ2v) is 8.80. The SMILES string of the molecule is Cc1ccc(S(=O)(=O)NC(=O)Cn2cnc3sc(C(N)=O)c(C)c3c2=O)cc1. The van der Waals surface area contributed by atoms with Crippen LogP contribution in [-0.2, 0) is 21.4 Å². The van der Waals surface area contributed by atoms with Gasteiger partial charge in [0, 0.05) is 0 Å². The molecule has 3 rings (SSSR count). The number of nitrogens with one attached hydrogen (secondary N) is 1. The first-order valence-corrected chi connectivity index (χ1v) is 10.3. The van der Waals surface area contributed by atoms with Gasteiger partial charge < -0.3 is 5.73 Å². The zero-order valence-electron chi connectivity index (χ0n) is 14.9. The van der Waals surface area contributed by atoms with E-state index in [1.807, 2.05) is 4.72 Å². The predicted octanol–water partition coefficient (Wildman–Crippen LogP) is 0.679. The number of carbonyl (C=O) groups is 2. The van der Waals surface area contributed by atoms with Gasteiger partial charge >= 0.3 is 0 Å². The third kappa shape index (κ3) is 3.66. The van der Waals surface area contributed by atoms with Crippen molar-refractivity contribution < 1.29 is 18.0 Å². The van der Waals surface area contributed by atoms with Crippen LogP contribution in [0.3, 0.4) is 0 Å². The first-order valence-electron chi connectivity index (χ1n) is 8.01. The Morgan fingerprint density at radius 1 is 1.21 bits per heavy atom. The molecule has 146 valence electrons. The molecule has 2 heterocycles. The van der Waals surface area contributed by atoms with Crippen molar-refractivity contribution >= 4 is 43.4 Å². The summed E-state index contributed by atoms with van der Waals surface area (Å²) in [5.41, 5.74) is 5.98. The number of benzene rings is 1. The number of thiophene rings is 1. The number of primary amides is 1. The number of nitrogens with two attached hydrogens (primary N) is 1. The maximum absolute atomic E-state index is 12.6. The van der Waals surface area contributed by atoms with Crippen LogP contribution in [-0.4, -0.2) is 29.8 Å². The molecule has 0 unspecified atom stereocenters. The van der Waals surface area contributed by atoms with Crippen molar-refractivity contribution in [2.24, 2.45) is 5.73 Å². The molecule has 3 aromatic rings. The zero-order chi connectivity index (χ0) is 20.6. The maximum Gasteiger partial charge on any atom is 0.264 e. The van der Waals surface area contributed by atoms with Crippen molar-refractivity contribution in [1.29, 1.82) is 0 Å². The Hall–Kier alpha value is -3.05. The second kappa shape index (κ2) is 7.17. The van der Waals surface area contributed by atoms with Crippen LogP contribution in [0.4, 0.5) is 0 Å². The standard InChI is InChI=1S/C17H16N4O5S2/c1-9-3-5-11(6-4-9)28(25,26)20-12(22)7-21-8-19-16-13(17(21)24)10(2)14(27-16)15(18)23/h3-6,8H,7H2,1-2H3,(H2,18,23)(H,20,22).